The van der Waals surface area contributed by atoms with Crippen molar-refractivity contribution in [2.24, 2.45) is 0 Å². The SMILES string of the molecule is CCOc1ccccc1N(CC(=O)N(Cc1ccc(OC)cc1)[C@H](C)C(=O)NC)S(=O)(=O)c1ccc(Cl)cc1. The van der Waals surface area contributed by atoms with Gasteiger partial charge in [0.2, 0.25) is 11.8 Å². The largest absolute Gasteiger partial charge is 0.497 e. The van der Waals surface area contributed by atoms with Crippen LogP contribution in [-0.4, -0.2) is 58.5 Å². The number of para-hydroxylation sites is 2. The fourth-order valence-corrected chi connectivity index (χ4v) is 5.46. The number of nitrogens with one attached hydrogen (secondary N) is 1. The molecule has 3 aromatic carbocycles. The van der Waals surface area contributed by atoms with Crippen molar-refractivity contribution in [3.63, 3.8) is 0 Å². The number of sulfonamides is 1. The maximum Gasteiger partial charge on any atom is 0.264 e. The van der Waals surface area contributed by atoms with Gasteiger partial charge in [0.05, 0.1) is 24.3 Å². The summed E-state index contributed by atoms with van der Waals surface area (Å²) in [5.74, 6) is -0.0282. The quantitative estimate of drug-likeness (QED) is 0.350. The summed E-state index contributed by atoms with van der Waals surface area (Å²) in [6.45, 7) is 3.15. The highest BCUT2D eigenvalue weighted by atomic mass is 35.5. The summed E-state index contributed by atoms with van der Waals surface area (Å²) in [4.78, 5) is 27.8. The van der Waals surface area contributed by atoms with Crippen LogP contribution in [0.15, 0.2) is 77.7 Å². The fourth-order valence-electron chi connectivity index (χ4n) is 3.91. The van der Waals surface area contributed by atoms with Crippen molar-refractivity contribution in [3.8, 4) is 11.5 Å². The van der Waals surface area contributed by atoms with Crippen LogP contribution in [0, 0.1) is 0 Å². The van der Waals surface area contributed by atoms with E-state index >= 15 is 0 Å². The average molecular weight is 574 g/mol. The second-order valence-corrected chi connectivity index (χ2v) is 10.8. The third-order valence-corrected chi connectivity index (χ3v) is 8.07. The minimum atomic E-state index is -4.24. The van der Waals surface area contributed by atoms with E-state index in [2.05, 4.69) is 5.32 Å². The molecule has 0 spiro atoms. The molecule has 39 heavy (non-hydrogen) atoms. The minimum Gasteiger partial charge on any atom is -0.497 e. The number of anilines is 1. The van der Waals surface area contributed by atoms with Gasteiger partial charge in [-0.25, -0.2) is 8.42 Å². The number of carbonyl (C=O) groups is 2. The first-order valence-corrected chi connectivity index (χ1v) is 14.1. The van der Waals surface area contributed by atoms with Crippen LogP contribution in [0.1, 0.15) is 19.4 Å². The van der Waals surface area contributed by atoms with Gasteiger partial charge in [0.1, 0.15) is 24.1 Å². The lowest BCUT2D eigenvalue weighted by Gasteiger charge is -2.32. The van der Waals surface area contributed by atoms with Crippen molar-refractivity contribution in [3.05, 3.63) is 83.4 Å². The number of rotatable bonds is 12. The maximum absolute atomic E-state index is 13.9. The first kappa shape index (κ1) is 29.8. The van der Waals surface area contributed by atoms with E-state index in [4.69, 9.17) is 21.1 Å². The number of halogens is 1. The van der Waals surface area contributed by atoms with Gasteiger partial charge < -0.3 is 19.7 Å². The van der Waals surface area contributed by atoms with Crippen molar-refractivity contribution in [1.29, 1.82) is 0 Å². The van der Waals surface area contributed by atoms with Gasteiger partial charge in [-0.05, 0) is 67.9 Å². The van der Waals surface area contributed by atoms with Crippen LogP contribution in [0.2, 0.25) is 5.02 Å². The number of methoxy groups -OCH3 is 1. The van der Waals surface area contributed by atoms with E-state index in [0.717, 1.165) is 9.87 Å². The van der Waals surface area contributed by atoms with Crippen LogP contribution in [0.4, 0.5) is 5.69 Å². The topological polar surface area (TPSA) is 105 Å². The van der Waals surface area contributed by atoms with Crippen molar-refractivity contribution < 1.29 is 27.5 Å². The Morgan fingerprint density at radius 2 is 1.64 bits per heavy atom. The standard InChI is InChI=1S/C28H32ClN3O6S/c1-5-38-26-9-7-6-8-25(26)32(39(35,36)24-16-12-22(29)13-17-24)19-27(33)31(20(2)28(34)30-3)18-21-10-14-23(37-4)15-11-21/h6-17,20H,5,18-19H2,1-4H3,(H,30,34)/t20-/m1/s1. The predicted molar refractivity (Wildman–Crippen MR) is 151 cm³/mol. The van der Waals surface area contributed by atoms with E-state index in [0.29, 0.717) is 16.5 Å². The lowest BCUT2D eigenvalue weighted by atomic mass is 10.1. The molecule has 0 aromatic heterocycles. The maximum atomic E-state index is 13.9. The number of carbonyl (C=O) groups excluding carboxylic acids is 2. The first-order chi connectivity index (χ1) is 18.6. The second-order valence-electron chi connectivity index (χ2n) is 8.53. The van der Waals surface area contributed by atoms with Crippen molar-refractivity contribution in [2.75, 3.05) is 31.6 Å². The van der Waals surface area contributed by atoms with Gasteiger partial charge in [0.15, 0.2) is 0 Å². The van der Waals surface area contributed by atoms with E-state index in [1.807, 2.05) is 0 Å². The predicted octanol–water partition coefficient (Wildman–Crippen LogP) is 4.11. The van der Waals surface area contributed by atoms with Gasteiger partial charge in [-0.1, -0.05) is 35.9 Å². The zero-order valence-electron chi connectivity index (χ0n) is 22.3. The van der Waals surface area contributed by atoms with Crippen LogP contribution < -0.4 is 19.1 Å². The summed E-state index contributed by atoms with van der Waals surface area (Å²) in [7, 11) is -1.22. The summed E-state index contributed by atoms with van der Waals surface area (Å²) < 4.78 is 39.7. The molecule has 3 aromatic rings. The van der Waals surface area contributed by atoms with Crippen molar-refractivity contribution in [1.82, 2.24) is 10.2 Å². The highest BCUT2D eigenvalue weighted by molar-refractivity contribution is 7.92. The number of benzene rings is 3. The Labute approximate surface area is 234 Å². The Kier molecular flexibility index (Phi) is 10.2. The molecule has 208 valence electrons. The molecule has 3 rings (SSSR count). The zero-order valence-corrected chi connectivity index (χ0v) is 23.8. The molecular formula is C28H32ClN3O6S. The minimum absolute atomic E-state index is 0.0490. The van der Waals surface area contributed by atoms with Gasteiger partial charge in [-0.3, -0.25) is 13.9 Å². The van der Waals surface area contributed by atoms with Gasteiger partial charge in [0, 0.05) is 18.6 Å². The third kappa shape index (κ3) is 7.21. The lowest BCUT2D eigenvalue weighted by molar-refractivity contribution is -0.139. The average Bonchev–Trinajstić information content (AvgIpc) is 2.94. The summed E-state index contributed by atoms with van der Waals surface area (Å²) in [6, 6.07) is 18.4. The van der Waals surface area contributed by atoms with Crippen LogP contribution >= 0.6 is 11.6 Å². The molecule has 0 saturated carbocycles. The summed E-state index contributed by atoms with van der Waals surface area (Å²) in [6.07, 6.45) is 0. The van der Waals surface area contributed by atoms with Crippen molar-refractivity contribution >= 4 is 39.1 Å². The Balaban J connectivity index is 2.07. The van der Waals surface area contributed by atoms with Crippen molar-refractivity contribution in [2.45, 2.75) is 31.3 Å². The third-order valence-electron chi connectivity index (χ3n) is 6.04. The molecule has 0 aliphatic heterocycles. The molecule has 1 N–H and O–H groups in total. The molecule has 0 saturated heterocycles. The fraction of sp³-hybridized carbons (Fsp3) is 0.286. The van der Waals surface area contributed by atoms with Crippen LogP contribution in [0.25, 0.3) is 0 Å². The molecule has 0 heterocycles. The van der Waals surface area contributed by atoms with E-state index < -0.39 is 34.4 Å². The van der Waals surface area contributed by atoms with E-state index in [1.165, 1.54) is 36.2 Å². The molecule has 11 heteroatoms. The van der Waals surface area contributed by atoms with Gasteiger partial charge >= 0.3 is 0 Å². The van der Waals surface area contributed by atoms with E-state index in [-0.39, 0.29) is 23.7 Å². The molecule has 0 radical (unpaired) electrons. The Morgan fingerprint density at radius 1 is 1.00 bits per heavy atom. The lowest BCUT2D eigenvalue weighted by Crippen LogP contribution is -2.50. The number of hydrogen-bond acceptors (Lipinski definition) is 6. The molecule has 0 aliphatic carbocycles. The number of hydrogen-bond donors (Lipinski definition) is 1. The first-order valence-electron chi connectivity index (χ1n) is 12.3. The Bertz CT molecular complexity index is 1380. The highest BCUT2D eigenvalue weighted by Gasteiger charge is 2.33. The summed E-state index contributed by atoms with van der Waals surface area (Å²) in [5.41, 5.74) is 0.932. The van der Waals surface area contributed by atoms with Gasteiger partial charge in [-0.2, -0.15) is 0 Å². The number of ether oxygens (including phenoxy) is 2. The smallest absolute Gasteiger partial charge is 0.264 e. The molecule has 9 nitrogen and oxygen atoms in total. The van der Waals surface area contributed by atoms with Gasteiger partial charge in [-0.15, -0.1) is 0 Å². The number of amides is 2. The van der Waals surface area contributed by atoms with Gasteiger partial charge in [0.25, 0.3) is 10.0 Å². The number of nitrogens with zero attached hydrogens (tertiary/aromatic N) is 2. The zero-order chi connectivity index (χ0) is 28.6. The normalized spacial score (nSPS) is 11.8. The molecular weight excluding hydrogens is 542 g/mol. The van der Waals surface area contributed by atoms with E-state index in [1.54, 1.807) is 69.5 Å². The van der Waals surface area contributed by atoms with E-state index in [9.17, 15) is 18.0 Å². The summed E-state index contributed by atoms with van der Waals surface area (Å²) in [5, 5.41) is 2.93. The highest BCUT2D eigenvalue weighted by Crippen LogP contribution is 2.33. The molecule has 0 unspecified atom stereocenters. The number of likely N-dealkylation sites (N-methyl/N-ethyl adjacent to an activating group) is 1. The molecule has 0 bridgehead atoms. The Hall–Kier alpha value is -3.76. The van der Waals surface area contributed by atoms with Crippen LogP contribution in [-0.2, 0) is 26.2 Å². The second kappa shape index (κ2) is 13.3. The summed E-state index contributed by atoms with van der Waals surface area (Å²) >= 11 is 5.99. The molecule has 1 atom stereocenters. The Morgan fingerprint density at radius 3 is 2.23 bits per heavy atom. The molecule has 0 aliphatic rings. The molecule has 0 fully saturated rings. The monoisotopic (exact) mass is 573 g/mol. The van der Waals surface area contributed by atoms with Crippen LogP contribution in [0.3, 0.4) is 0 Å². The van der Waals surface area contributed by atoms with Crippen LogP contribution in [0.5, 0.6) is 11.5 Å². The molecule has 2 amide bonds.